The molecule has 0 radical (unpaired) electrons. The third-order valence-corrected chi connectivity index (χ3v) is 3.91. The minimum atomic E-state index is -0.457. The van der Waals surface area contributed by atoms with E-state index in [0.717, 1.165) is 34.9 Å². The summed E-state index contributed by atoms with van der Waals surface area (Å²) in [6.07, 6.45) is 2.27. The summed E-state index contributed by atoms with van der Waals surface area (Å²) in [5.74, 6) is 1.93. The van der Waals surface area contributed by atoms with E-state index >= 15 is 0 Å². The maximum absolute atomic E-state index is 9.76. The van der Waals surface area contributed by atoms with Gasteiger partial charge in [0.15, 0.2) is 0 Å². The van der Waals surface area contributed by atoms with Crippen LogP contribution >= 0.6 is 11.8 Å². The fourth-order valence-electron chi connectivity index (χ4n) is 2.28. The molecule has 2 rings (SSSR count). The molecule has 0 unspecified atom stereocenters. The zero-order chi connectivity index (χ0) is 13.8. The number of nitrogens with one attached hydrogen (secondary N) is 1. The molecular formula is C14H21N3OS. The van der Waals surface area contributed by atoms with Gasteiger partial charge in [0.05, 0.1) is 18.0 Å². The van der Waals surface area contributed by atoms with E-state index in [9.17, 15) is 5.11 Å². The van der Waals surface area contributed by atoms with Crippen LogP contribution in [0.3, 0.4) is 0 Å². The van der Waals surface area contributed by atoms with Crippen LogP contribution in [0, 0.1) is 0 Å². The minimum absolute atomic E-state index is 0.273. The van der Waals surface area contributed by atoms with Gasteiger partial charge in [0.2, 0.25) is 0 Å². The predicted molar refractivity (Wildman–Crippen MR) is 83.1 cm³/mol. The Balaban J connectivity index is 2.05. The van der Waals surface area contributed by atoms with Gasteiger partial charge in [0.1, 0.15) is 0 Å². The van der Waals surface area contributed by atoms with E-state index in [1.165, 1.54) is 0 Å². The van der Waals surface area contributed by atoms with Crippen molar-refractivity contribution in [2.45, 2.75) is 25.5 Å². The number of aliphatic hydroxyl groups is 1. The number of aliphatic imine (C=N–C) groups is 1. The van der Waals surface area contributed by atoms with Crippen LogP contribution in [-0.2, 0) is 6.42 Å². The number of nitrogens with two attached hydrogens (primary N) is 1. The highest BCUT2D eigenvalue weighted by molar-refractivity contribution is 7.98. The molecule has 0 heterocycles. The fraction of sp³-hybridized carbons (Fsp3) is 0.500. The maximum Gasteiger partial charge on any atom is 0.0975 e. The Morgan fingerprint density at radius 1 is 1.58 bits per heavy atom. The van der Waals surface area contributed by atoms with Gasteiger partial charge in [0.25, 0.3) is 0 Å². The van der Waals surface area contributed by atoms with E-state index in [4.69, 9.17) is 5.73 Å². The van der Waals surface area contributed by atoms with Crippen LogP contribution in [0.4, 0.5) is 5.69 Å². The highest BCUT2D eigenvalue weighted by Gasteiger charge is 2.27. The molecule has 0 saturated heterocycles. The lowest BCUT2D eigenvalue weighted by Crippen LogP contribution is -2.21. The van der Waals surface area contributed by atoms with Gasteiger partial charge in [-0.05, 0) is 36.4 Å². The lowest BCUT2D eigenvalue weighted by Gasteiger charge is -2.11. The lowest BCUT2D eigenvalue weighted by atomic mass is 10.1. The molecule has 1 aromatic rings. The standard InChI is InChI=1S/C14H21N3OS/c1-9(16-5-6-19-2)17-11-4-3-10-7-13(18)14(15)12(10)8-11/h3-4,8,13-14,18H,5-7,15H2,1-2H3,(H,16,17)/t13-,14-/m1/s1. The fourth-order valence-corrected chi connectivity index (χ4v) is 2.56. The molecule has 1 aromatic carbocycles. The smallest absolute Gasteiger partial charge is 0.0975 e. The summed E-state index contributed by atoms with van der Waals surface area (Å²) < 4.78 is 0. The van der Waals surface area contributed by atoms with E-state index in [2.05, 4.69) is 16.6 Å². The number of amidine groups is 1. The van der Waals surface area contributed by atoms with Crippen molar-refractivity contribution in [2.75, 3.05) is 23.9 Å². The van der Waals surface area contributed by atoms with Crippen molar-refractivity contribution in [1.82, 2.24) is 0 Å². The van der Waals surface area contributed by atoms with E-state index < -0.39 is 6.10 Å². The van der Waals surface area contributed by atoms with Gasteiger partial charge in [-0.15, -0.1) is 0 Å². The SMILES string of the molecule is CSCCN=C(C)Nc1ccc2c(c1)[C@@H](N)[C@H](O)C2. The Kier molecular flexibility index (Phi) is 4.85. The van der Waals surface area contributed by atoms with Gasteiger partial charge >= 0.3 is 0 Å². The quantitative estimate of drug-likeness (QED) is 0.446. The average Bonchev–Trinajstić information content (AvgIpc) is 2.66. The van der Waals surface area contributed by atoms with Crippen LogP contribution in [0.2, 0.25) is 0 Å². The molecule has 5 heteroatoms. The molecule has 4 nitrogen and oxygen atoms in total. The average molecular weight is 279 g/mol. The number of aliphatic hydroxyl groups excluding tert-OH is 1. The Hall–Kier alpha value is -1.04. The monoisotopic (exact) mass is 279 g/mol. The second kappa shape index (κ2) is 6.41. The molecule has 0 aliphatic heterocycles. The predicted octanol–water partition coefficient (Wildman–Crippen LogP) is 1.80. The topological polar surface area (TPSA) is 70.6 Å². The minimum Gasteiger partial charge on any atom is -0.391 e. The molecule has 19 heavy (non-hydrogen) atoms. The van der Waals surface area contributed by atoms with Crippen LogP contribution < -0.4 is 11.1 Å². The van der Waals surface area contributed by atoms with Crippen molar-refractivity contribution < 1.29 is 5.11 Å². The normalized spacial score (nSPS) is 22.4. The van der Waals surface area contributed by atoms with Crippen LogP contribution in [0.25, 0.3) is 0 Å². The molecule has 0 amide bonds. The molecule has 0 aromatic heterocycles. The van der Waals surface area contributed by atoms with Crippen molar-refractivity contribution in [3.63, 3.8) is 0 Å². The summed E-state index contributed by atoms with van der Waals surface area (Å²) >= 11 is 1.79. The highest BCUT2D eigenvalue weighted by atomic mass is 32.2. The first-order chi connectivity index (χ1) is 9.11. The largest absolute Gasteiger partial charge is 0.391 e. The second-order valence-electron chi connectivity index (χ2n) is 4.80. The van der Waals surface area contributed by atoms with Gasteiger partial charge in [-0.1, -0.05) is 6.07 Å². The highest BCUT2D eigenvalue weighted by Crippen LogP contribution is 2.31. The molecule has 0 fully saturated rings. The van der Waals surface area contributed by atoms with E-state index in [1.54, 1.807) is 11.8 Å². The Morgan fingerprint density at radius 3 is 3.11 bits per heavy atom. The van der Waals surface area contributed by atoms with Crippen LogP contribution in [-0.4, -0.2) is 35.6 Å². The number of hydrogen-bond acceptors (Lipinski definition) is 4. The van der Waals surface area contributed by atoms with Gasteiger partial charge in [0, 0.05) is 24.4 Å². The first-order valence-corrected chi connectivity index (χ1v) is 7.84. The first-order valence-electron chi connectivity index (χ1n) is 6.45. The van der Waals surface area contributed by atoms with E-state index in [1.807, 2.05) is 25.1 Å². The Bertz CT molecular complexity index is 476. The van der Waals surface area contributed by atoms with Crippen LogP contribution in [0.15, 0.2) is 23.2 Å². The molecule has 0 bridgehead atoms. The molecule has 0 saturated carbocycles. The Morgan fingerprint density at radius 2 is 2.37 bits per heavy atom. The van der Waals surface area contributed by atoms with Gasteiger partial charge < -0.3 is 16.2 Å². The maximum atomic E-state index is 9.76. The lowest BCUT2D eigenvalue weighted by molar-refractivity contribution is 0.158. The summed E-state index contributed by atoms with van der Waals surface area (Å²) in [5, 5.41) is 13.0. The summed E-state index contributed by atoms with van der Waals surface area (Å²) in [6.45, 7) is 2.78. The summed E-state index contributed by atoms with van der Waals surface area (Å²) in [5.41, 5.74) is 9.14. The number of rotatable bonds is 4. The third-order valence-electron chi connectivity index (χ3n) is 3.32. The summed E-state index contributed by atoms with van der Waals surface area (Å²) in [6, 6.07) is 5.79. The molecular weight excluding hydrogens is 258 g/mol. The van der Waals surface area contributed by atoms with Gasteiger partial charge in [-0.3, -0.25) is 4.99 Å². The van der Waals surface area contributed by atoms with Crippen molar-refractivity contribution >= 4 is 23.3 Å². The number of anilines is 1. The Labute approximate surface area is 118 Å². The molecule has 2 atom stereocenters. The molecule has 1 aliphatic carbocycles. The zero-order valence-corrected chi connectivity index (χ0v) is 12.2. The van der Waals surface area contributed by atoms with Crippen LogP contribution in [0.1, 0.15) is 24.1 Å². The van der Waals surface area contributed by atoms with E-state index in [0.29, 0.717) is 6.42 Å². The number of fused-ring (bicyclic) bond motifs is 1. The second-order valence-corrected chi connectivity index (χ2v) is 5.78. The molecule has 4 N–H and O–H groups in total. The molecule has 1 aliphatic rings. The number of hydrogen-bond donors (Lipinski definition) is 3. The molecule has 0 spiro atoms. The van der Waals surface area contributed by atoms with Gasteiger partial charge in [-0.2, -0.15) is 11.8 Å². The van der Waals surface area contributed by atoms with Gasteiger partial charge in [-0.25, -0.2) is 0 Å². The van der Waals surface area contributed by atoms with Crippen molar-refractivity contribution in [1.29, 1.82) is 0 Å². The van der Waals surface area contributed by atoms with Crippen molar-refractivity contribution in [3.05, 3.63) is 29.3 Å². The number of nitrogens with zero attached hydrogens (tertiary/aromatic N) is 1. The third kappa shape index (κ3) is 3.49. The van der Waals surface area contributed by atoms with E-state index in [-0.39, 0.29) is 6.04 Å². The molecule has 104 valence electrons. The van der Waals surface area contributed by atoms with Crippen molar-refractivity contribution in [3.8, 4) is 0 Å². The van der Waals surface area contributed by atoms with Crippen molar-refractivity contribution in [2.24, 2.45) is 10.7 Å². The zero-order valence-electron chi connectivity index (χ0n) is 11.4. The summed E-state index contributed by atoms with van der Waals surface area (Å²) in [4.78, 5) is 4.44. The first kappa shape index (κ1) is 14.4. The van der Waals surface area contributed by atoms with Crippen LogP contribution in [0.5, 0.6) is 0 Å². The summed E-state index contributed by atoms with van der Waals surface area (Å²) in [7, 11) is 0. The number of thioether (sulfide) groups is 1. The number of benzene rings is 1.